The molecule has 28 heavy (non-hydrogen) atoms. The molecular weight excluding hydrogens is 348 g/mol. The largest absolute Gasteiger partial charge is 0.369 e. The zero-order valence-corrected chi connectivity index (χ0v) is 16.8. The molecule has 2 saturated carbocycles. The molecule has 1 aromatic heterocycles. The summed E-state index contributed by atoms with van der Waals surface area (Å²) in [7, 11) is 0. The minimum atomic E-state index is -0.546. The summed E-state index contributed by atoms with van der Waals surface area (Å²) in [5.74, 6) is -0.333. The molecule has 2 aliphatic carbocycles. The lowest BCUT2D eigenvalue weighted by atomic mass is 9.66. The molecule has 2 aromatic rings. The lowest BCUT2D eigenvalue weighted by molar-refractivity contribution is -0.122. The minimum absolute atomic E-state index is 0.101. The third kappa shape index (κ3) is 3.09. The summed E-state index contributed by atoms with van der Waals surface area (Å²) >= 11 is 0. The van der Waals surface area contributed by atoms with Crippen LogP contribution in [-0.4, -0.2) is 15.7 Å². The van der Waals surface area contributed by atoms with Gasteiger partial charge in [0.15, 0.2) is 0 Å². The second kappa shape index (κ2) is 7.58. The van der Waals surface area contributed by atoms with Gasteiger partial charge >= 0.3 is 0 Å². The smallest absolute Gasteiger partial charge is 0.220 e. The van der Waals surface area contributed by atoms with E-state index in [0.717, 1.165) is 17.7 Å². The van der Waals surface area contributed by atoms with Crippen LogP contribution in [0, 0.1) is 17.2 Å². The van der Waals surface area contributed by atoms with E-state index in [1.165, 1.54) is 43.0 Å². The van der Waals surface area contributed by atoms with Crippen LogP contribution in [0.15, 0.2) is 18.2 Å². The standard InChI is InChI=1S/C23H30N4O/c1-2-19-21-18(23(15-24)13-11-16(12-14-23)22(25)28)9-6-10-20(21)27(26-19)17-7-4-3-5-8-17/h6,9-10,16-17H,2-5,7-8,11-14H2,1H3,(H2,25,28)/t16-,23+. The van der Waals surface area contributed by atoms with Gasteiger partial charge in [-0.2, -0.15) is 10.4 Å². The van der Waals surface area contributed by atoms with Gasteiger partial charge in [-0.05, 0) is 56.6 Å². The van der Waals surface area contributed by atoms with E-state index in [0.29, 0.717) is 31.7 Å². The van der Waals surface area contributed by atoms with Crippen molar-refractivity contribution in [3.8, 4) is 6.07 Å². The van der Waals surface area contributed by atoms with E-state index in [1.54, 1.807) is 0 Å². The highest BCUT2D eigenvalue weighted by molar-refractivity contribution is 5.87. The Hall–Kier alpha value is -2.35. The monoisotopic (exact) mass is 378 g/mol. The number of carbonyl (C=O) groups excluding carboxylic acids is 1. The van der Waals surface area contributed by atoms with Gasteiger partial charge in [0.2, 0.25) is 5.91 Å². The van der Waals surface area contributed by atoms with E-state index < -0.39 is 5.41 Å². The van der Waals surface area contributed by atoms with Crippen molar-refractivity contribution in [1.82, 2.24) is 9.78 Å². The molecule has 4 rings (SSSR count). The number of nitrogens with two attached hydrogens (primary N) is 1. The number of hydrogen-bond donors (Lipinski definition) is 1. The Labute approximate surface area is 166 Å². The maximum Gasteiger partial charge on any atom is 0.220 e. The second-order valence-electron chi connectivity index (χ2n) is 8.61. The zero-order valence-electron chi connectivity index (χ0n) is 16.8. The Morgan fingerprint density at radius 3 is 2.57 bits per heavy atom. The van der Waals surface area contributed by atoms with Crippen LogP contribution in [0.2, 0.25) is 0 Å². The van der Waals surface area contributed by atoms with Gasteiger partial charge in [-0.3, -0.25) is 9.48 Å². The molecule has 1 amide bonds. The predicted octanol–water partition coefficient (Wildman–Crippen LogP) is 4.54. The molecule has 148 valence electrons. The summed E-state index contributed by atoms with van der Waals surface area (Å²) in [4.78, 5) is 11.6. The number of primary amides is 1. The first kappa shape index (κ1) is 19.0. The highest BCUT2D eigenvalue weighted by atomic mass is 16.1. The summed E-state index contributed by atoms with van der Waals surface area (Å²) in [6.07, 6.45) is 9.85. The molecule has 0 unspecified atom stereocenters. The van der Waals surface area contributed by atoms with Crippen LogP contribution in [0.25, 0.3) is 10.9 Å². The van der Waals surface area contributed by atoms with Crippen molar-refractivity contribution in [3.05, 3.63) is 29.5 Å². The van der Waals surface area contributed by atoms with Crippen LogP contribution in [0.5, 0.6) is 0 Å². The number of nitriles is 1. The fourth-order valence-electron chi connectivity index (χ4n) is 5.35. The second-order valence-corrected chi connectivity index (χ2v) is 8.61. The molecule has 0 bridgehead atoms. The highest BCUT2D eigenvalue weighted by Gasteiger charge is 2.40. The van der Waals surface area contributed by atoms with Crippen LogP contribution in [-0.2, 0) is 16.6 Å². The van der Waals surface area contributed by atoms with Crippen molar-refractivity contribution < 1.29 is 4.79 Å². The highest BCUT2D eigenvalue weighted by Crippen LogP contribution is 2.45. The van der Waals surface area contributed by atoms with E-state index >= 15 is 0 Å². The van der Waals surface area contributed by atoms with Crippen molar-refractivity contribution in [1.29, 1.82) is 5.26 Å². The molecule has 0 atom stereocenters. The normalized spacial score (nSPS) is 26.2. The number of carbonyl (C=O) groups is 1. The van der Waals surface area contributed by atoms with Gasteiger partial charge in [0, 0.05) is 11.3 Å². The van der Waals surface area contributed by atoms with Crippen LogP contribution in [0.3, 0.4) is 0 Å². The van der Waals surface area contributed by atoms with Gasteiger partial charge in [0.1, 0.15) is 0 Å². The molecule has 5 heteroatoms. The Bertz CT molecular complexity index is 909. The molecule has 0 saturated heterocycles. The number of hydrogen-bond acceptors (Lipinski definition) is 3. The molecule has 2 N–H and O–H groups in total. The molecule has 2 aliphatic rings. The van der Waals surface area contributed by atoms with Crippen LogP contribution >= 0.6 is 0 Å². The molecule has 0 spiro atoms. The molecule has 0 aliphatic heterocycles. The fraction of sp³-hybridized carbons (Fsp3) is 0.609. The zero-order chi connectivity index (χ0) is 19.7. The Morgan fingerprint density at radius 1 is 1.25 bits per heavy atom. The maximum absolute atomic E-state index is 11.6. The van der Waals surface area contributed by atoms with Crippen LogP contribution in [0.1, 0.15) is 82.0 Å². The molecule has 5 nitrogen and oxygen atoms in total. The number of benzene rings is 1. The first-order valence-corrected chi connectivity index (χ1v) is 10.8. The first-order chi connectivity index (χ1) is 13.6. The quantitative estimate of drug-likeness (QED) is 0.847. The first-order valence-electron chi connectivity index (χ1n) is 10.8. The lowest BCUT2D eigenvalue weighted by Gasteiger charge is -2.34. The summed E-state index contributed by atoms with van der Waals surface area (Å²) in [5, 5.41) is 16.4. The summed E-state index contributed by atoms with van der Waals surface area (Å²) in [6.45, 7) is 2.15. The molecule has 1 aromatic carbocycles. The number of nitrogens with zero attached hydrogens (tertiary/aromatic N) is 3. The third-order valence-corrected chi connectivity index (χ3v) is 7.03. The number of aromatic nitrogens is 2. The number of aryl methyl sites for hydroxylation is 1. The van der Waals surface area contributed by atoms with E-state index in [1.807, 2.05) is 0 Å². The summed E-state index contributed by atoms with van der Waals surface area (Å²) < 4.78 is 2.25. The Kier molecular flexibility index (Phi) is 5.14. The van der Waals surface area contributed by atoms with E-state index in [2.05, 4.69) is 35.9 Å². The molecule has 1 heterocycles. The van der Waals surface area contributed by atoms with Crippen molar-refractivity contribution in [2.75, 3.05) is 0 Å². The van der Waals surface area contributed by atoms with Crippen molar-refractivity contribution in [2.45, 2.75) is 82.6 Å². The molecule has 2 fully saturated rings. The summed E-state index contributed by atoms with van der Waals surface area (Å²) in [6, 6.07) is 9.46. The van der Waals surface area contributed by atoms with Gasteiger partial charge in [0.05, 0.1) is 28.7 Å². The van der Waals surface area contributed by atoms with Gasteiger partial charge in [-0.25, -0.2) is 0 Å². The molecular formula is C23H30N4O. The van der Waals surface area contributed by atoms with Crippen LogP contribution < -0.4 is 5.73 Å². The topological polar surface area (TPSA) is 84.7 Å². The Balaban J connectivity index is 1.80. The predicted molar refractivity (Wildman–Crippen MR) is 110 cm³/mol. The van der Waals surface area contributed by atoms with Crippen LogP contribution in [0.4, 0.5) is 0 Å². The van der Waals surface area contributed by atoms with E-state index in [4.69, 9.17) is 10.8 Å². The van der Waals surface area contributed by atoms with Gasteiger partial charge in [-0.15, -0.1) is 0 Å². The van der Waals surface area contributed by atoms with Crippen molar-refractivity contribution in [2.24, 2.45) is 11.7 Å². The Morgan fingerprint density at radius 2 is 1.96 bits per heavy atom. The summed E-state index contributed by atoms with van der Waals surface area (Å²) in [5.41, 5.74) is 8.36. The van der Waals surface area contributed by atoms with Gasteiger partial charge < -0.3 is 5.73 Å². The van der Waals surface area contributed by atoms with Crippen molar-refractivity contribution >= 4 is 16.8 Å². The third-order valence-electron chi connectivity index (χ3n) is 7.03. The average Bonchev–Trinajstić information content (AvgIpc) is 3.13. The maximum atomic E-state index is 11.6. The van der Waals surface area contributed by atoms with Crippen molar-refractivity contribution in [3.63, 3.8) is 0 Å². The fourth-order valence-corrected chi connectivity index (χ4v) is 5.35. The van der Waals surface area contributed by atoms with Gasteiger partial charge in [0.25, 0.3) is 0 Å². The number of fused-ring (bicyclic) bond motifs is 1. The van der Waals surface area contributed by atoms with E-state index in [-0.39, 0.29) is 11.8 Å². The molecule has 0 radical (unpaired) electrons. The average molecular weight is 379 g/mol. The van der Waals surface area contributed by atoms with E-state index in [9.17, 15) is 10.1 Å². The van der Waals surface area contributed by atoms with Gasteiger partial charge in [-0.1, -0.05) is 38.3 Å². The lowest BCUT2D eigenvalue weighted by Crippen LogP contribution is -2.35. The SMILES string of the molecule is CCc1nn(C2CCCCC2)c2cccc([C@]3(C#N)CC[C@H](C(N)=O)CC3)c12. The number of amides is 1. The number of rotatable bonds is 4. The minimum Gasteiger partial charge on any atom is -0.369 e.